The Kier molecular flexibility index (Phi) is 5.36. The van der Waals surface area contributed by atoms with E-state index >= 15 is 0 Å². The second-order valence-corrected chi connectivity index (χ2v) is 7.41. The molecule has 0 fully saturated rings. The van der Waals surface area contributed by atoms with E-state index in [1.807, 2.05) is 28.9 Å². The number of benzene rings is 2. The van der Waals surface area contributed by atoms with E-state index < -0.39 is 5.97 Å². The van der Waals surface area contributed by atoms with Crippen LogP contribution in [0.5, 0.6) is 0 Å². The topological polar surface area (TPSA) is 43.6 Å². The fraction of sp³-hybridized carbons (Fsp3) is 0.200. The Balaban J connectivity index is 2.12. The van der Waals surface area contributed by atoms with Gasteiger partial charge in [0.05, 0.1) is 24.0 Å². The minimum Gasteiger partial charge on any atom is -0.463 e. The molecule has 2 aromatic carbocycles. The standard InChI is InChI=1S/C25H23FN2O2/c1-4-30-22(29)14-13-21-23(17-9-11-19(26)12-10-17)25-20-8-6-5-7-18(20)15-27-28(25)24(21)16(2)3/h5-16H,4H2,1-3H3/b14-13+. The van der Waals surface area contributed by atoms with Crippen molar-refractivity contribution in [3.63, 3.8) is 0 Å². The predicted molar refractivity (Wildman–Crippen MR) is 118 cm³/mol. The maximum atomic E-state index is 13.6. The average molecular weight is 402 g/mol. The third kappa shape index (κ3) is 3.47. The van der Waals surface area contributed by atoms with Gasteiger partial charge in [-0.15, -0.1) is 0 Å². The predicted octanol–water partition coefficient (Wildman–Crippen LogP) is 5.99. The Morgan fingerprint density at radius 2 is 1.90 bits per heavy atom. The summed E-state index contributed by atoms with van der Waals surface area (Å²) in [7, 11) is 0. The number of aromatic nitrogens is 2. The smallest absolute Gasteiger partial charge is 0.330 e. The number of ether oxygens (including phenoxy) is 1. The molecule has 2 heterocycles. The van der Waals surface area contributed by atoms with Gasteiger partial charge in [0.1, 0.15) is 5.82 Å². The molecule has 152 valence electrons. The SMILES string of the molecule is CCOC(=O)/C=C/c1c(-c2ccc(F)cc2)c2c3ccccc3cnn2c1C(C)C. The lowest BCUT2D eigenvalue weighted by Crippen LogP contribution is -2.01. The van der Waals surface area contributed by atoms with Crippen LogP contribution < -0.4 is 0 Å². The monoisotopic (exact) mass is 402 g/mol. The number of halogens is 1. The molecule has 0 aliphatic heterocycles. The molecule has 4 aromatic rings. The van der Waals surface area contributed by atoms with Crippen molar-refractivity contribution in [3.05, 3.63) is 77.9 Å². The summed E-state index contributed by atoms with van der Waals surface area (Å²) in [4.78, 5) is 12.0. The number of nitrogens with zero attached hydrogens (tertiary/aromatic N) is 2. The van der Waals surface area contributed by atoms with E-state index in [4.69, 9.17) is 9.84 Å². The highest BCUT2D eigenvalue weighted by atomic mass is 19.1. The van der Waals surface area contributed by atoms with E-state index in [-0.39, 0.29) is 11.7 Å². The van der Waals surface area contributed by atoms with E-state index in [0.29, 0.717) is 6.61 Å². The third-order valence-electron chi connectivity index (χ3n) is 5.10. The van der Waals surface area contributed by atoms with Gasteiger partial charge in [-0.05, 0) is 36.6 Å². The van der Waals surface area contributed by atoms with E-state index in [1.54, 1.807) is 25.1 Å². The number of carbonyl (C=O) groups is 1. The molecule has 0 amide bonds. The van der Waals surface area contributed by atoms with Crippen molar-refractivity contribution < 1.29 is 13.9 Å². The summed E-state index contributed by atoms with van der Waals surface area (Å²) < 4.78 is 20.7. The summed E-state index contributed by atoms with van der Waals surface area (Å²) in [5, 5.41) is 6.77. The highest BCUT2D eigenvalue weighted by Crippen LogP contribution is 2.40. The molecule has 2 aromatic heterocycles. The molecular formula is C25H23FN2O2. The Hall–Kier alpha value is -3.47. The highest BCUT2D eigenvalue weighted by molar-refractivity contribution is 6.06. The third-order valence-corrected chi connectivity index (χ3v) is 5.10. The van der Waals surface area contributed by atoms with Crippen LogP contribution in [0.1, 0.15) is 37.9 Å². The van der Waals surface area contributed by atoms with E-state index in [0.717, 1.165) is 38.7 Å². The zero-order valence-corrected chi connectivity index (χ0v) is 17.2. The van der Waals surface area contributed by atoms with Crippen LogP contribution in [0.15, 0.2) is 60.8 Å². The first-order chi connectivity index (χ1) is 14.5. The van der Waals surface area contributed by atoms with Crippen molar-refractivity contribution in [1.82, 2.24) is 9.61 Å². The van der Waals surface area contributed by atoms with Crippen LogP contribution in [0.25, 0.3) is 33.5 Å². The van der Waals surface area contributed by atoms with Crippen LogP contribution in [0.2, 0.25) is 0 Å². The van der Waals surface area contributed by atoms with Crippen LogP contribution in [0, 0.1) is 5.82 Å². The molecule has 0 unspecified atom stereocenters. The first-order valence-electron chi connectivity index (χ1n) is 10.0. The number of hydrogen-bond acceptors (Lipinski definition) is 3. The van der Waals surface area contributed by atoms with E-state index in [9.17, 15) is 9.18 Å². The van der Waals surface area contributed by atoms with Crippen molar-refractivity contribution in [2.24, 2.45) is 0 Å². The quantitative estimate of drug-likeness (QED) is 0.304. The van der Waals surface area contributed by atoms with Crippen molar-refractivity contribution in [1.29, 1.82) is 0 Å². The van der Waals surface area contributed by atoms with Gasteiger partial charge in [0.2, 0.25) is 0 Å². The minimum atomic E-state index is -0.398. The van der Waals surface area contributed by atoms with Crippen LogP contribution in [-0.2, 0) is 9.53 Å². The lowest BCUT2D eigenvalue weighted by atomic mass is 9.96. The number of hydrogen-bond donors (Lipinski definition) is 0. The largest absolute Gasteiger partial charge is 0.463 e. The Bertz CT molecular complexity index is 1250. The van der Waals surface area contributed by atoms with Gasteiger partial charge in [-0.1, -0.05) is 50.2 Å². The molecule has 0 aliphatic carbocycles. The van der Waals surface area contributed by atoms with E-state index in [2.05, 4.69) is 19.9 Å². The van der Waals surface area contributed by atoms with Gasteiger partial charge >= 0.3 is 5.97 Å². The first kappa shape index (κ1) is 19.8. The van der Waals surface area contributed by atoms with Crippen molar-refractivity contribution in [3.8, 4) is 11.1 Å². The molecule has 0 atom stereocenters. The zero-order valence-electron chi connectivity index (χ0n) is 17.2. The molecule has 0 saturated heterocycles. The van der Waals surface area contributed by atoms with Crippen molar-refractivity contribution in [2.75, 3.05) is 6.61 Å². The van der Waals surface area contributed by atoms with Crippen molar-refractivity contribution >= 4 is 28.3 Å². The molecule has 30 heavy (non-hydrogen) atoms. The maximum Gasteiger partial charge on any atom is 0.330 e. The molecule has 0 bridgehead atoms. The average Bonchev–Trinajstić information content (AvgIpc) is 3.08. The molecule has 5 heteroatoms. The van der Waals surface area contributed by atoms with Gasteiger partial charge in [-0.25, -0.2) is 13.7 Å². The molecule has 0 aliphatic rings. The van der Waals surface area contributed by atoms with Gasteiger partial charge in [0, 0.05) is 28.0 Å². The maximum absolute atomic E-state index is 13.6. The normalized spacial score (nSPS) is 11.8. The van der Waals surface area contributed by atoms with Crippen LogP contribution >= 0.6 is 0 Å². The molecule has 4 nitrogen and oxygen atoms in total. The minimum absolute atomic E-state index is 0.141. The summed E-state index contributed by atoms with van der Waals surface area (Å²) in [5.41, 5.74) is 4.59. The van der Waals surface area contributed by atoms with Gasteiger partial charge in [0.15, 0.2) is 0 Å². The molecule has 0 spiro atoms. The second kappa shape index (κ2) is 8.11. The first-order valence-corrected chi connectivity index (χ1v) is 10.0. The van der Waals surface area contributed by atoms with Gasteiger partial charge in [0.25, 0.3) is 0 Å². The summed E-state index contributed by atoms with van der Waals surface area (Å²) in [5.74, 6) is -0.550. The molecule has 0 N–H and O–H groups in total. The van der Waals surface area contributed by atoms with E-state index in [1.165, 1.54) is 18.2 Å². The highest BCUT2D eigenvalue weighted by Gasteiger charge is 2.23. The Labute approximate surface area is 174 Å². The summed E-state index contributed by atoms with van der Waals surface area (Å²) in [6, 6.07) is 14.5. The Morgan fingerprint density at radius 3 is 2.60 bits per heavy atom. The summed E-state index contributed by atoms with van der Waals surface area (Å²) in [6.07, 6.45) is 5.08. The van der Waals surface area contributed by atoms with Crippen molar-refractivity contribution in [2.45, 2.75) is 26.7 Å². The lowest BCUT2D eigenvalue weighted by molar-refractivity contribution is -0.137. The van der Waals surface area contributed by atoms with Gasteiger partial charge < -0.3 is 4.74 Å². The fourth-order valence-electron chi connectivity index (χ4n) is 3.88. The molecular weight excluding hydrogens is 379 g/mol. The number of rotatable bonds is 5. The molecule has 0 saturated carbocycles. The lowest BCUT2D eigenvalue weighted by Gasteiger charge is -2.08. The van der Waals surface area contributed by atoms with Crippen LogP contribution in [0.4, 0.5) is 4.39 Å². The molecule has 0 radical (unpaired) electrons. The van der Waals surface area contributed by atoms with Gasteiger partial charge in [-0.3, -0.25) is 0 Å². The second-order valence-electron chi connectivity index (χ2n) is 7.41. The fourth-order valence-corrected chi connectivity index (χ4v) is 3.88. The molecule has 4 rings (SSSR count). The zero-order chi connectivity index (χ0) is 21.3. The van der Waals surface area contributed by atoms with Gasteiger partial charge in [-0.2, -0.15) is 5.10 Å². The number of fused-ring (bicyclic) bond motifs is 3. The van der Waals surface area contributed by atoms with Crippen LogP contribution in [0.3, 0.4) is 0 Å². The summed E-state index contributed by atoms with van der Waals surface area (Å²) >= 11 is 0. The summed E-state index contributed by atoms with van der Waals surface area (Å²) in [6.45, 7) is 6.27. The number of esters is 1. The Morgan fingerprint density at radius 1 is 1.17 bits per heavy atom. The number of carbonyl (C=O) groups excluding carboxylic acids is 1. The van der Waals surface area contributed by atoms with Crippen LogP contribution in [-0.4, -0.2) is 22.2 Å².